The Kier molecular flexibility index (Phi) is 4.19. The molecule has 0 aromatic heterocycles. The van der Waals surface area contributed by atoms with E-state index in [1.54, 1.807) is 11.8 Å². The Balaban J connectivity index is 1.92. The van der Waals surface area contributed by atoms with Crippen molar-refractivity contribution in [2.45, 2.75) is 28.7 Å². The number of esters is 1. The molecule has 0 N–H and O–H groups in total. The molecule has 24 heavy (non-hydrogen) atoms. The molecule has 2 heterocycles. The lowest BCUT2D eigenvalue weighted by molar-refractivity contribution is -0.147. The van der Waals surface area contributed by atoms with Crippen LogP contribution in [0, 0.1) is 5.92 Å². The molecule has 0 spiro atoms. The van der Waals surface area contributed by atoms with E-state index < -0.39 is 0 Å². The first-order chi connectivity index (χ1) is 11.7. The van der Waals surface area contributed by atoms with Gasteiger partial charge in [0.15, 0.2) is 0 Å². The summed E-state index contributed by atoms with van der Waals surface area (Å²) in [4.78, 5) is 17.2. The van der Waals surface area contributed by atoms with E-state index in [9.17, 15) is 4.79 Å². The number of benzene rings is 2. The van der Waals surface area contributed by atoms with Crippen molar-refractivity contribution in [3.8, 4) is 0 Å². The molecule has 2 aromatic rings. The maximum atomic E-state index is 12.4. The van der Waals surface area contributed by atoms with Gasteiger partial charge in [-0.2, -0.15) is 0 Å². The topological polar surface area (TPSA) is 29.5 Å². The molecule has 0 saturated carbocycles. The van der Waals surface area contributed by atoms with Gasteiger partial charge in [-0.25, -0.2) is 0 Å². The highest BCUT2D eigenvalue weighted by atomic mass is 35.5. The van der Waals surface area contributed by atoms with Crippen molar-refractivity contribution in [2.24, 2.45) is 5.92 Å². The zero-order chi connectivity index (χ0) is 16.7. The Hall–Kier alpha value is -1.65. The molecule has 0 radical (unpaired) electrons. The standard InChI is InChI=1S/C19H18ClNO2S/c1-23-19(22)14-6-4-10-21-15-11-12(20)8-9-17(15)24-16-7-3-2-5-13(16)18(14)21/h2-3,5,7-9,11,14,18H,4,6,10H2,1H3. The van der Waals surface area contributed by atoms with Crippen molar-refractivity contribution >= 4 is 35.0 Å². The number of anilines is 1. The molecular formula is C19H18ClNO2S. The van der Waals surface area contributed by atoms with Gasteiger partial charge in [-0.3, -0.25) is 4.79 Å². The fourth-order valence-electron chi connectivity index (χ4n) is 3.79. The summed E-state index contributed by atoms with van der Waals surface area (Å²) in [5, 5.41) is 0.722. The Bertz CT molecular complexity index is 795. The minimum Gasteiger partial charge on any atom is -0.469 e. The molecule has 2 unspecified atom stereocenters. The number of halogens is 1. The highest BCUT2D eigenvalue weighted by Crippen LogP contribution is 2.50. The molecule has 4 rings (SSSR count). The Morgan fingerprint density at radius 3 is 2.92 bits per heavy atom. The molecule has 5 heteroatoms. The predicted octanol–water partition coefficient (Wildman–Crippen LogP) is 4.94. The van der Waals surface area contributed by atoms with E-state index in [1.807, 2.05) is 24.3 Å². The number of piperidine rings is 1. The van der Waals surface area contributed by atoms with E-state index >= 15 is 0 Å². The second-order valence-electron chi connectivity index (χ2n) is 6.16. The highest BCUT2D eigenvalue weighted by Gasteiger charge is 2.41. The van der Waals surface area contributed by atoms with Crippen LogP contribution in [0.5, 0.6) is 0 Å². The van der Waals surface area contributed by atoms with Gasteiger partial charge in [0.2, 0.25) is 0 Å². The van der Waals surface area contributed by atoms with Gasteiger partial charge in [-0.1, -0.05) is 41.6 Å². The van der Waals surface area contributed by atoms with Crippen molar-refractivity contribution < 1.29 is 9.53 Å². The summed E-state index contributed by atoms with van der Waals surface area (Å²) in [7, 11) is 1.48. The van der Waals surface area contributed by atoms with Crippen LogP contribution in [0.1, 0.15) is 24.4 Å². The lowest BCUT2D eigenvalue weighted by atomic mass is 9.84. The van der Waals surface area contributed by atoms with E-state index in [0.717, 1.165) is 30.1 Å². The van der Waals surface area contributed by atoms with Crippen molar-refractivity contribution in [3.05, 3.63) is 53.1 Å². The molecule has 2 aliphatic heterocycles. The molecular weight excluding hydrogens is 342 g/mol. The number of hydrogen-bond donors (Lipinski definition) is 0. The monoisotopic (exact) mass is 359 g/mol. The van der Waals surface area contributed by atoms with Gasteiger partial charge in [-0.05, 0) is 42.7 Å². The Morgan fingerprint density at radius 1 is 1.25 bits per heavy atom. The predicted molar refractivity (Wildman–Crippen MR) is 96.8 cm³/mol. The summed E-state index contributed by atoms with van der Waals surface area (Å²) in [6.45, 7) is 0.917. The van der Waals surface area contributed by atoms with Crippen LogP contribution in [0.4, 0.5) is 5.69 Å². The summed E-state index contributed by atoms with van der Waals surface area (Å²) in [6, 6.07) is 14.4. The lowest BCUT2D eigenvalue weighted by Crippen LogP contribution is -2.42. The first-order valence-electron chi connectivity index (χ1n) is 8.10. The van der Waals surface area contributed by atoms with E-state index in [2.05, 4.69) is 23.1 Å². The molecule has 1 fully saturated rings. The lowest BCUT2D eigenvalue weighted by Gasteiger charge is -2.41. The first-order valence-corrected chi connectivity index (χ1v) is 9.29. The van der Waals surface area contributed by atoms with Crippen molar-refractivity contribution in [1.29, 1.82) is 0 Å². The number of hydrogen-bond acceptors (Lipinski definition) is 4. The van der Waals surface area contributed by atoms with Crippen molar-refractivity contribution in [2.75, 3.05) is 18.6 Å². The van der Waals surface area contributed by atoms with Crippen molar-refractivity contribution in [1.82, 2.24) is 0 Å². The van der Waals surface area contributed by atoms with E-state index in [-0.39, 0.29) is 17.9 Å². The molecule has 0 aliphatic carbocycles. The number of carbonyl (C=O) groups excluding carboxylic acids is 1. The average molecular weight is 360 g/mol. The zero-order valence-electron chi connectivity index (χ0n) is 13.4. The highest BCUT2D eigenvalue weighted by molar-refractivity contribution is 7.99. The zero-order valence-corrected chi connectivity index (χ0v) is 14.9. The van der Waals surface area contributed by atoms with Gasteiger partial charge in [0.05, 0.1) is 24.8 Å². The third-order valence-corrected chi connectivity index (χ3v) is 6.21. The number of rotatable bonds is 1. The fraction of sp³-hybridized carbons (Fsp3) is 0.316. The largest absolute Gasteiger partial charge is 0.469 e. The summed E-state index contributed by atoms with van der Waals surface area (Å²) >= 11 is 8.02. The number of ether oxygens (including phenoxy) is 1. The van der Waals surface area contributed by atoms with Crippen LogP contribution < -0.4 is 4.90 Å². The maximum absolute atomic E-state index is 12.4. The van der Waals surface area contributed by atoms with Gasteiger partial charge in [0.25, 0.3) is 0 Å². The SMILES string of the molecule is COC(=O)C1CCCN2c3cc(Cl)ccc3Sc3ccccc3C12. The normalized spacial score (nSPS) is 22.0. The fourth-order valence-corrected chi connectivity index (χ4v) is 5.06. The summed E-state index contributed by atoms with van der Waals surface area (Å²) in [5.41, 5.74) is 2.31. The maximum Gasteiger partial charge on any atom is 0.311 e. The Labute approximate surface area is 150 Å². The third-order valence-electron chi connectivity index (χ3n) is 4.82. The molecule has 0 amide bonds. The van der Waals surface area contributed by atoms with Gasteiger partial charge in [0, 0.05) is 21.4 Å². The molecule has 2 aromatic carbocycles. The smallest absolute Gasteiger partial charge is 0.311 e. The van der Waals surface area contributed by atoms with Gasteiger partial charge in [-0.15, -0.1) is 0 Å². The molecule has 124 valence electrons. The molecule has 3 nitrogen and oxygen atoms in total. The second kappa shape index (κ2) is 6.34. The number of carbonyl (C=O) groups is 1. The molecule has 2 aliphatic rings. The number of methoxy groups -OCH3 is 1. The molecule has 2 atom stereocenters. The van der Waals surface area contributed by atoms with Crippen LogP contribution >= 0.6 is 23.4 Å². The van der Waals surface area contributed by atoms with Gasteiger partial charge in [0.1, 0.15) is 0 Å². The summed E-state index contributed by atoms with van der Waals surface area (Å²) in [5.74, 6) is -0.287. The first kappa shape index (κ1) is 15.9. The van der Waals surface area contributed by atoms with Crippen LogP contribution in [0.15, 0.2) is 52.3 Å². The van der Waals surface area contributed by atoms with Gasteiger partial charge >= 0.3 is 5.97 Å². The van der Waals surface area contributed by atoms with Crippen molar-refractivity contribution in [3.63, 3.8) is 0 Å². The third kappa shape index (κ3) is 2.58. The molecule has 1 saturated heterocycles. The number of nitrogens with zero attached hydrogens (tertiary/aromatic N) is 1. The second-order valence-corrected chi connectivity index (χ2v) is 7.68. The summed E-state index contributed by atoms with van der Waals surface area (Å²) < 4.78 is 5.11. The van der Waals surface area contributed by atoms with E-state index in [1.165, 1.54) is 22.5 Å². The van der Waals surface area contributed by atoms with Crippen LogP contribution in [0.3, 0.4) is 0 Å². The molecule has 0 bridgehead atoms. The van der Waals surface area contributed by atoms with E-state index in [0.29, 0.717) is 0 Å². The number of fused-ring (bicyclic) bond motifs is 5. The summed E-state index contributed by atoms with van der Waals surface area (Å²) in [6.07, 6.45) is 1.82. The van der Waals surface area contributed by atoms with Gasteiger partial charge < -0.3 is 9.64 Å². The quantitative estimate of drug-likeness (QED) is 0.675. The van der Waals surface area contributed by atoms with Crippen LogP contribution in [-0.2, 0) is 9.53 Å². The minimum atomic E-state index is -0.157. The van der Waals surface area contributed by atoms with E-state index in [4.69, 9.17) is 16.3 Å². The van der Waals surface area contributed by atoms with Crippen LogP contribution in [0.25, 0.3) is 0 Å². The Morgan fingerprint density at radius 2 is 2.08 bits per heavy atom. The minimum absolute atomic E-state index is 0.00498. The van der Waals surface area contributed by atoms with Crippen LogP contribution in [-0.4, -0.2) is 19.6 Å². The van der Waals surface area contributed by atoms with Crippen LogP contribution in [0.2, 0.25) is 5.02 Å². The average Bonchev–Trinajstić information content (AvgIpc) is 2.75.